The lowest BCUT2D eigenvalue weighted by atomic mass is 9.83. The first-order valence-electron chi connectivity index (χ1n) is 6.30. The van der Waals surface area contributed by atoms with Crippen molar-refractivity contribution in [2.45, 2.75) is 61.2 Å². The zero-order chi connectivity index (χ0) is 11.6. The van der Waals surface area contributed by atoms with Gasteiger partial charge in [0.25, 0.3) is 0 Å². The molecule has 0 aromatic carbocycles. The number of thioether (sulfide) groups is 1. The van der Waals surface area contributed by atoms with Gasteiger partial charge in [0.2, 0.25) is 0 Å². The van der Waals surface area contributed by atoms with Gasteiger partial charge in [-0.1, -0.05) is 6.42 Å². The number of ether oxygens (including phenoxy) is 1. The summed E-state index contributed by atoms with van der Waals surface area (Å²) in [6, 6.07) is 0. The van der Waals surface area contributed by atoms with Crippen molar-refractivity contribution in [3.05, 3.63) is 0 Å². The highest BCUT2D eigenvalue weighted by molar-refractivity contribution is 8.00. The van der Waals surface area contributed by atoms with Crippen molar-refractivity contribution in [1.82, 2.24) is 0 Å². The third kappa shape index (κ3) is 2.92. The van der Waals surface area contributed by atoms with E-state index in [0.717, 1.165) is 25.9 Å². The van der Waals surface area contributed by atoms with Gasteiger partial charge in [-0.05, 0) is 32.6 Å². The Kier molecular flexibility index (Phi) is 4.16. The summed E-state index contributed by atoms with van der Waals surface area (Å²) in [4.78, 5) is 0. The van der Waals surface area contributed by atoms with Gasteiger partial charge in [0.15, 0.2) is 0 Å². The van der Waals surface area contributed by atoms with Gasteiger partial charge in [-0.25, -0.2) is 0 Å². The summed E-state index contributed by atoms with van der Waals surface area (Å²) >= 11 is 2.04. The molecule has 4 heteroatoms. The van der Waals surface area contributed by atoms with Gasteiger partial charge in [0.05, 0.1) is 12.7 Å². The van der Waals surface area contributed by atoms with Crippen molar-refractivity contribution >= 4 is 11.8 Å². The van der Waals surface area contributed by atoms with E-state index in [1.165, 1.54) is 12.8 Å². The molecule has 1 saturated heterocycles. The molecule has 2 aliphatic rings. The molecule has 3 N–H and O–H groups in total. The minimum Gasteiger partial charge on any atom is -0.394 e. The minimum absolute atomic E-state index is 0.126. The van der Waals surface area contributed by atoms with Crippen molar-refractivity contribution in [3.63, 3.8) is 0 Å². The van der Waals surface area contributed by atoms with Gasteiger partial charge in [0, 0.05) is 22.6 Å². The molecule has 1 aliphatic heterocycles. The fraction of sp³-hybridized carbons (Fsp3) is 1.00. The highest BCUT2D eigenvalue weighted by atomic mass is 32.2. The Balaban J connectivity index is 1.85. The zero-order valence-corrected chi connectivity index (χ0v) is 10.8. The maximum Gasteiger partial charge on any atom is 0.0666 e. The third-order valence-corrected chi connectivity index (χ3v) is 5.58. The first-order valence-corrected chi connectivity index (χ1v) is 7.24. The molecule has 16 heavy (non-hydrogen) atoms. The molecule has 1 heterocycles. The standard InChI is InChI=1S/C12H23NO2S/c1-9-11(4-6-15-9)16-10-3-2-5-12(13,7-10)8-14/h9-11,14H,2-8,13H2,1H3. The fourth-order valence-electron chi connectivity index (χ4n) is 2.74. The quantitative estimate of drug-likeness (QED) is 0.792. The van der Waals surface area contributed by atoms with Gasteiger partial charge in [-0.3, -0.25) is 0 Å². The van der Waals surface area contributed by atoms with E-state index in [0.29, 0.717) is 16.6 Å². The summed E-state index contributed by atoms with van der Waals surface area (Å²) < 4.78 is 5.58. The number of rotatable bonds is 3. The molecule has 2 rings (SSSR count). The van der Waals surface area contributed by atoms with Crippen molar-refractivity contribution in [2.24, 2.45) is 5.73 Å². The molecular formula is C12H23NO2S. The molecule has 0 aromatic heterocycles. The van der Waals surface area contributed by atoms with Gasteiger partial charge in [-0.15, -0.1) is 0 Å². The Morgan fingerprint density at radius 3 is 2.94 bits per heavy atom. The van der Waals surface area contributed by atoms with Crippen LogP contribution < -0.4 is 5.73 Å². The van der Waals surface area contributed by atoms with Crippen LogP contribution in [0, 0.1) is 0 Å². The normalized spacial score (nSPS) is 44.8. The molecule has 3 nitrogen and oxygen atoms in total. The van der Waals surface area contributed by atoms with E-state index in [9.17, 15) is 5.11 Å². The molecule has 0 aromatic rings. The Morgan fingerprint density at radius 1 is 1.50 bits per heavy atom. The highest BCUT2D eigenvalue weighted by Crippen LogP contribution is 2.38. The molecular weight excluding hydrogens is 222 g/mol. The van der Waals surface area contributed by atoms with Crippen LogP contribution in [0.4, 0.5) is 0 Å². The number of aliphatic hydroxyl groups excluding tert-OH is 1. The zero-order valence-electron chi connectivity index (χ0n) is 10.0. The molecule has 0 spiro atoms. The molecule has 4 atom stereocenters. The lowest BCUT2D eigenvalue weighted by Gasteiger charge is -2.37. The van der Waals surface area contributed by atoms with Crippen molar-refractivity contribution < 1.29 is 9.84 Å². The lowest BCUT2D eigenvalue weighted by molar-refractivity contribution is 0.127. The average Bonchev–Trinajstić information content (AvgIpc) is 2.65. The number of nitrogens with two attached hydrogens (primary N) is 1. The summed E-state index contributed by atoms with van der Waals surface area (Å²) in [6.45, 7) is 3.19. The van der Waals surface area contributed by atoms with Gasteiger partial charge in [0.1, 0.15) is 0 Å². The Hall–Kier alpha value is 0.230. The van der Waals surface area contributed by atoms with E-state index < -0.39 is 0 Å². The summed E-state index contributed by atoms with van der Waals surface area (Å²) in [6.07, 6.45) is 5.87. The average molecular weight is 245 g/mol. The number of aliphatic hydroxyl groups is 1. The minimum atomic E-state index is -0.321. The SMILES string of the molecule is CC1OCCC1SC1CCCC(N)(CO)C1. The lowest BCUT2D eigenvalue weighted by Crippen LogP contribution is -2.48. The maximum absolute atomic E-state index is 9.32. The van der Waals surface area contributed by atoms with Crippen LogP contribution in [-0.2, 0) is 4.74 Å². The molecule has 4 unspecified atom stereocenters. The Labute approximate surface area is 102 Å². The first kappa shape index (κ1) is 12.7. The number of hydrogen-bond donors (Lipinski definition) is 2. The largest absolute Gasteiger partial charge is 0.394 e. The van der Waals surface area contributed by atoms with E-state index in [1.54, 1.807) is 0 Å². The summed E-state index contributed by atoms with van der Waals surface area (Å²) in [7, 11) is 0. The van der Waals surface area contributed by atoms with E-state index >= 15 is 0 Å². The molecule has 0 amide bonds. The van der Waals surface area contributed by atoms with Gasteiger partial charge >= 0.3 is 0 Å². The maximum atomic E-state index is 9.32. The van der Waals surface area contributed by atoms with E-state index in [-0.39, 0.29) is 12.1 Å². The molecule has 0 radical (unpaired) electrons. The van der Waals surface area contributed by atoms with Crippen LogP contribution in [0.1, 0.15) is 39.0 Å². The molecule has 2 fully saturated rings. The topological polar surface area (TPSA) is 55.5 Å². The second-order valence-electron chi connectivity index (χ2n) is 5.28. The van der Waals surface area contributed by atoms with E-state index in [2.05, 4.69) is 6.92 Å². The predicted molar refractivity (Wildman–Crippen MR) is 67.7 cm³/mol. The van der Waals surface area contributed by atoms with Gasteiger partial charge < -0.3 is 15.6 Å². The molecule has 94 valence electrons. The second-order valence-corrected chi connectivity index (χ2v) is 6.82. The van der Waals surface area contributed by atoms with Crippen LogP contribution in [0.15, 0.2) is 0 Å². The third-order valence-electron chi connectivity index (χ3n) is 3.82. The second kappa shape index (κ2) is 5.25. The summed E-state index contributed by atoms with van der Waals surface area (Å²) in [5.41, 5.74) is 5.84. The Bertz CT molecular complexity index is 239. The predicted octanol–water partition coefficient (Wildman–Crippen LogP) is 1.53. The van der Waals surface area contributed by atoms with Crippen molar-refractivity contribution in [3.8, 4) is 0 Å². The molecule has 1 aliphatic carbocycles. The monoisotopic (exact) mass is 245 g/mol. The van der Waals surface area contributed by atoms with Crippen LogP contribution in [0.5, 0.6) is 0 Å². The highest BCUT2D eigenvalue weighted by Gasteiger charge is 2.35. The number of hydrogen-bond acceptors (Lipinski definition) is 4. The molecule has 1 saturated carbocycles. The Morgan fingerprint density at radius 2 is 2.31 bits per heavy atom. The molecule has 0 bridgehead atoms. The summed E-state index contributed by atoms with van der Waals surface area (Å²) in [5, 5.41) is 10.6. The summed E-state index contributed by atoms with van der Waals surface area (Å²) in [5.74, 6) is 0. The van der Waals surface area contributed by atoms with Crippen LogP contribution in [0.25, 0.3) is 0 Å². The first-order chi connectivity index (χ1) is 7.63. The van der Waals surface area contributed by atoms with Crippen molar-refractivity contribution in [1.29, 1.82) is 0 Å². The fourth-order valence-corrected chi connectivity index (χ4v) is 4.49. The van der Waals surface area contributed by atoms with Crippen LogP contribution >= 0.6 is 11.8 Å². The van der Waals surface area contributed by atoms with E-state index in [1.807, 2.05) is 11.8 Å². The van der Waals surface area contributed by atoms with Crippen LogP contribution in [0.2, 0.25) is 0 Å². The van der Waals surface area contributed by atoms with Crippen LogP contribution in [-0.4, -0.2) is 40.5 Å². The van der Waals surface area contributed by atoms with Gasteiger partial charge in [-0.2, -0.15) is 11.8 Å². The smallest absolute Gasteiger partial charge is 0.0666 e. The van der Waals surface area contributed by atoms with E-state index in [4.69, 9.17) is 10.5 Å². The van der Waals surface area contributed by atoms with Crippen LogP contribution in [0.3, 0.4) is 0 Å². The van der Waals surface area contributed by atoms with Crippen molar-refractivity contribution in [2.75, 3.05) is 13.2 Å².